The van der Waals surface area contributed by atoms with Crippen LogP contribution in [0.2, 0.25) is 0 Å². The number of hydrogen-bond acceptors (Lipinski definition) is 5. The summed E-state index contributed by atoms with van der Waals surface area (Å²) in [6.07, 6.45) is 6.01. The molecule has 2 unspecified atom stereocenters. The van der Waals surface area contributed by atoms with Crippen molar-refractivity contribution in [3.63, 3.8) is 0 Å². The highest BCUT2D eigenvalue weighted by Crippen LogP contribution is 2.32. The fraction of sp³-hybridized carbons (Fsp3) is 0.529. The van der Waals surface area contributed by atoms with Crippen molar-refractivity contribution < 1.29 is 9.26 Å². The third-order valence-corrected chi connectivity index (χ3v) is 4.85. The van der Waals surface area contributed by atoms with E-state index in [-0.39, 0.29) is 12.4 Å². The SMILES string of the molecule is COc1ccc(-c2noc(CC3CC4CCC(C3)N4)n2)cc1.Cl. The number of aromatic nitrogens is 2. The highest BCUT2D eigenvalue weighted by molar-refractivity contribution is 5.85. The van der Waals surface area contributed by atoms with Crippen LogP contribution in [0.4, 0.5) is 0 Å². The Morgan fingerprint density at radius 3 is 2.52 bits per heavy atom. The van der Waals surface area contributed by atoms with Gasteiger partial charge in [-0.15, -0.1) is 12.4 Å². The molecule has 0 saturated carbocycles. The van der Waals surface area contributed by atoms with Crippen LogP contribution in [0.25, 0.3) is 11.4 Å². The molecule has 1 aromatic heterocycles. The van der Waals surface area contributed by atoms with Gasteiger partial charge in [-0.25, -0.2) is 0 Å². The second-order valence-corrected chi connectivity index (χ2v) is 6.42. The van der Waals surface area contributed by atoms with Gasteiger partial charge in [-0.1, -0.05) is 5.16 Å². The number of piperidine rings is 1. The number of halogens is 1. The van der Waals surface area contributed by atoms with Gasteiger partial charge in [0.05, 0.1) is 7.11 Å². The Morgan fingerprint density at radius 2 is 1.87 bits per heavy atom. The fourth-order valence-electron chi connectivity index (χ4n) is 3.78. The van der Waals surface area contributed by atoms with Crippen LogP contribution in [0, 0.1) is 5.92 Å². The summed E-state index contributed by atoms with van der Waals surface area (Å²) in [4.78, 5) is 4.56. The minimum atomic E-state index is 0. The summed E-state index contributed by atoms with van der Waals surface area (Å²) < 4.78 is 10.6. The highest BCUT2D eigenvalue weighted by Gasteiger charge is 2.34. The Kier molecular flexibility index (Phi) is 4.87. The largest absolute Gasteiger partial charge is 0.497 e. The third kappa shape index (κ3) is 3.51. The minimum absolute atomic E-state index is 0. The van der Waals surface area contributed by atoms with E-state index in [2.05, 4.69) is 15.5 Å². The van der Waals surface area contributed by atoms with Crippen molar-refractivity contribution in [1.29, 1.82) is 0 Å². The first kappa shape index (κ1) is 16.3. The van der Waals surface area contributed by atoms with Crippen LogP contribution in [-0.2, 0) is 6.42 Å². The summed E-state index contributed by atoms with van der Waals surface area (Å²) >= 11 is 0. The van der Waals surface area contributed by atoms with Crippen LogP contribution in [0.5, 0.6) is 5.75 Å². The van der Waals surface area contributed by atoms with E-state index in [9.17, 15) is 0 Å². The van der Waals surface area contributed by atoms with Gasteiger partial charge in [0, 0.05) is 24.1 Å². The maximum Gasteiger partial charge on any atom is 0.227 e. The van der Waals surface area contributed by atoms with Gasteiger partial charge in [-0.3, -0.25) is 0 Å². The Hall–Kier alpha value is -1.59. The van der Waals surface area contributed by atoms with Gasteiger partial charge >= 0.3 is 0 Å². The van der Waals surface area contributed by atoms with Gasteiger partial charge in [0.15, 0.2) is 0 Å². The molecule has 5 nitrogen and oxygen atoms in total. The molecule has 0 spiro atoms. The van der Waals surface area contributed by atoms with Crippen molar-refractivity contribution in [1.82, 2.24) is 15.5 Å². The van der Waals surface area contributed by atoms with Crippen molar-refractivity contribution in [2.45, 2.75) is 44.2 Å². The Labute approximate surface area is 142 Å². The normalized spacial score (nSPS) is 25.9. The fourth-order valence-corrected chi connectivity index (χ4v) is 3.78. The van der Waals surface area contributed by atoms with Crippen LogP contribution in [0.3, 0.4) is 0 Å². The smallest absolute Gasteiger partial charge is 0.227 e. The van der Waals surface area contributed by atoms with E-state index in [1.165, 1.54) is 25.7 Å². The number of hydrogen-bond donors (Lipinski definition) is 1. The van der Waals surface area contributed by atoms with Crippen LogP contribution >= 0.6 is 12.4 Å². The zero-order valence-electron chi connectivity index (χ0n) is 13.2. The van der Waals surface area contributed by atoms with E-state index >= 15 is 0 Å². The topological polar surface area (TPSA) is 60.2 Å². The molecule has 0 radical (unpaired) electrons. The Morgan fingerprint density at radius 1 is 1.17 bits per heavy atom. The van der Waals surface area contributed by atoms with Crippen molar-refractivity contribution in [3.8, 4) is 17.1 Å². The first-order valence-corrected chi connectivity index (χ1v) is 8.03. The molecule has 2 aliphatic rings. The van der Waals surface area contributed by atoms with E-state index in [0.29, 0.717) is 23.8 Å². The van der Waals surface area contributed by atoms with Gasteiger partial charge in [0.1, 0.15) is 5.75 Å². The molecule has 2 atom stereocenters. The average Bonchev–Trinajstić information content (AvgIpc) is 3.14. The maximum atomic E-state index is 5.46. The molecule has 2 saturated heterocycles. The Bertz CT molecular complexity index is 632. The van der Waals surface area contributed by atoms with E-state index in [1.54, 1.807) is 7.11 Å². The molecule has 1 N–H and O–H groups in total. The molecule has 0 aliphatic carbocycles. The van der Waals surface area contributed by atoms with Crippen molar-refractivity contribution in [2.75, 3.05) is 7.11 Å². The summed E-state index contributed by atoms with van der Waals surface area (Å²) in [5.74, 6) is 2.92. The predicted octanol–water partition coefficient (Wildman–Crippen LogP) is 3.24. The molecule has 3 heterocycles. The van der Waals surface area contributed by atoms with Crippen molar-refractivity contribution >= 4 is 12.4 Å². The summed E-state index contributed by atoms with van der Waals surface area (Å²) in [5.41, 5.74) is 0.959. The van der Waals surface area contributed by atoms with Gasteiger partial charge in [0.2, 0.25) is 11.7 Å². The second-order valence-electron chi connectivity index (χ2n) is 6.42. The van der Waals surface area contributed by atoms with E-state index in [4.69, 9.17) is 9.26 Å². The molecule has 2 bridgehead atoms. The second kappa shape index (κ2) is 6.89. The number of methoxy groups -OCH3 is 1. The van der Waals surface area contributed by atoms with Gasteiger partial charge < -0.3 is 14.6 Å². The van der Waals surface area contributed by atoms with E-state index < -0.39 is 0 Å². The number of ether oxygens (including phenoxy) is 1. The van der Waals surface area contributed by atoms with Gasteiger partial charge in [-0.05, 0) is 55.9 Å². The zero-order chi connectivity index (χ0) is 14.9. The van der Waals surface area contributed by atoms with Gasteiger partial charge in [-0.2, -0.15) is 4.98 Å². The van der Waals surface area contributed by atoms with E-state index in [1.807, 2.05) is 24.3 Å². The zero-order valence-corrected chi connectivity index (χ0v) is 14.0. The quantitative estimate of drug-likeness (QED) is 0.929. The standard InChI is InChI=1S/C17H21N3O2.ClH/c1-21-15-6-2-12(3-7-15)17-19-16(22-20-17)10-11-8-13-4-5-14(9-11)18-13;/h2-3,6-7,11,13-14,18H,4-5,8-10H2,1H3;1H. The number of benzene rings is 1. The lowest BCUT2D eigenvalue weighted by Gasteiger charge is -2.27. The molecule has 23 heavy (non-hydrogen) atoms. The monoisotopic (exact) mass is 335 g/mol. The van der Waals surface area contributed by atoms with Gasteiger partial charge in [0.25, 0.3) is 0 Å². The number of nitrogens with one attached hydrogen (secondary N) is 1. The molecule has 2 aromatic rings. The van der Waals surface area contributed by atoms with Crippen LogP contribution in [0.15, 0.2) is 28.8 Å². The molecule has 6 heteroatoms. The Balaban J connectivity index is 0.00000156. The average molecular weight is 336 g/mol. The van der Waals surface area contributed by atoms with Crippen molar-refractivity contribution in [3.05, 3.63) is 30.2 Å². The highest BCUT2D eigenvalue weighted by atomic mass is 35.5. The summed E-state index contributed by atoms with van der Waals surface area (Å²) in [5, 5.41) is 7.79. The van der Waals surface area contributed by atoms with Crippen LogP contribution < -0.4 is 10.1 Å². The molecule has 2 fully saturated rings. The lowest BCUT2D eigenvalue weighted by molar-refractivity contribution is 0.270. The van der Waals surface area contributed by atoms with Crippen LogP contribution in [0.1, 0.15) is 31.6 Å². The predicted molar refractivity (Wildman–Crippen MR) is 89.9 cm³/mol. The summed E-state index contributed by atoms with van der Waals surface area (Å²) in [6.45, 7) is 0. The minimum Gasteiger partial charge on any atom is -0.497 e. The summed E-state index contributed by atoms with van der Waals surface area (Å²) in [6, 6.07) is 9.14. The first-order valence-electron chi connectivity index (χ1n) is 8.03. The molecule has 4 rings (SSSR count). The lowest BCUT2D eigenvalue weighted by atomic mass is 9.90. The number of nitrogens with zero attached hydrogens (tertiary/aromatic N) is 2. The molecular formula is C17H22ClN3O2. The maximum absolute atomic E-state index is 5.46. The molecule has 2 aliphatic heterocycles. The van der Waals surface area contributed by atoms with Crippen molar-refractivity contribution in [2.24, 2.45) is 5.92 Å². The van der Waals surface area contributed by atoms with Crippen LogP contribution in [-0.4, -0.2) is 29.3 Å². The molecular weight excluding hydrogens is 314 g/mol. The summed E-state index contributed by atoms with van der Waals surface area (Å²) in [7, 11) is 1.66. The number of rotatable bonds is 4. The first-order chi connectivity index (χ1) is 10.8. The number of fused-ring (bicyclic) bond motifs is 2. The molecule has 1 aromatic carbocycles. The van der Waals surface area contributed by atoms with E-state index in [0.717, 1.165) is 23.6 Å². The third-order valence-electron chi connectivity index (χ3n) is 4.85. The molecule has 0 amide bonds. The molecule has 124 valence electrons. The lowest BCUT2D eigenvalue weighted by Crippen LogP contribution is -2.38.